The van der Waals surface area contributed by atoms with Crippen molar-refractivity contribution < 1.29 is 98.4 Å². The van der Waals surface area contributed by atoms with E-state index in [0.29, 0.717) is 6.42 Å². The molecule has 15 atom stereocenters. The summed E-state index contributed by atoms with van der Waals surface area (Å²) < 4.78 is 56.1. The van der Waals surface area contributed by atoms with Crippen molar-refractivity contribution in [1.29, 1.82) is 0 Å². The molecule has 3 saturated heterocycles. The maximum atomic E-state index is 11.3. The number of aliphatic hydroxyl groups is 10. The summed E-state index contributed by atoms with van der Waals surface area (Å²) in [5, 5.41) is 103. The van der Waals surface area contributed by atoms with Crippen LogP contribution in [0.1, 0.15) is 19.8 Å². The summed E-state index contributed by atoms with van der Waals surface area (Å²) in [5.74, 6) is 0. The minimum atomic E-state index is -1.87. The Hall–Kier alpha value is -0.800. The first-order chi connectivity index (χ1) is 24.1. The molecular formula is C30H56O20. The molecule has 3 rings (SSSR count). The number of ether oxygens (including phenoxy) is 10. The van der Waals surface area contributed by atoms with Crippen LogP contribution in [0.25, 0.3) is 0 Å². The van der Waals surface area contributed by atoms with E-state index in [9.17, 15) is 40.9 Å². The zero-order valence-electron chi connectivity index (χ0n) is 28.1. The quantitative estimate of drug-likeness (QED) is 0.0437. The molecule has 3 aliphatic rings. The molecule has 0 spiro atoms. The predicted molar refractivity (Wildman–Crippen MR) is 163 cm³/mol. The molecule has 50 heavy (non-hydrogen) atoms. The van der Waals surface area contributed by atoms with Crippen molar-refractivity contribution >= 4 is 0 Å². The number of rotatable bonds is 23. The smallest absolute Gasteiger partial charge is 0.187 e. The molecule has 0 aromatic carbocycles. The van der Waals surface area contributed by atoms with Crippen molar-refractivity contribution in [3.63, 3.8) is 0 Å². The fraction of sp³-hybridized carbons (Fsp3) is 1.00. The van der Waals surface area contributed by atoms with Gasteiger partial charge in [0.2, 0.25) is 0 Å². The van der Waals surface area contributed by atoms with E-state index in [0.717, 1.165) is 6.42 Å². The van der Waals surface area contributed by atoms with Crippen LogP contribution in [0.2, 0.25) is 0 Å². The fourth-order valence-electron chi connectivity index (χ4n) is 5.57. The number of aliphatic hydroxyl groups excluding tert-OH is 10. The molecule has 10 N–H and O–H groups in total. The Kier molecular flexibility index (Phi) is 20.1. The molecule has 3 aliphatic heterocycles. The molecule has 15 unspecified atom stereocenters. The van der Waals surface area contributed by atoms with E-state index in [2.05, 4.69) is 0 Å². The van der Waals surface area contributed by atoms with Gasteiger partial charge in [-0.25, -0.2) is 0 Å². The number of unbranched alkanes of at least 4 members (excludes halogenated alkanes) is 1. The van der Waals surface area contributed by atoms with Crippen LogP contribution < -0.4 is 0 Å². The van der Waals surface area contributed by atoms with E-state index in [1.807, 2.05) is 6.92 Å². The first-order valence-corrected chi connectivity index (χ1v) is 16.9. The van der Waals surface area contributed by atoms with Gasteiger partial charge in [0.15, 0.2) is 18.9 Å². The maximum absolute atomic E-state index is 11.3. The van der Waals surface area contributed by atoms with Gasteiger partial charge in [0, 0.05) is 6.61 Å². The lowest BCUT2D eigenvalue weighted by Crippen LogP contribution is -2.67. The van der Waals surface area contributed by atoms with E-state index in [1.54, 1.807) is 0 Å². The summed E-state index contributed by atoms with van der Waals surface area (Å²) in [6.45, 7) is 0.443. The van der Waals surface area contributed by atoms with Crippen LogP contribution >= 0.6 is 0 Å². The predicted octanol–water partition coefficient (Wildman–Crippen LogP) is -5.68. The zero-order valence-corrected chi connectivity index (χ0v) is 28.1. The Balaban J connectivity index is 1.76. The summed E-state index contributed by atoms with van der Waals surface area (Å²) >= 11 is 0. The van der Waals surface area contributed by atoms with E-state index >= 15 is 0 Å². The van der Waals surface area contributed by atoms with Crippen molar-refractivity contribution in [2.45, 2.75) is 112 Å². The van der Waals surface area contributed by atoms with Gasteiger partial charge in [-0.05, 0) is 6.42 Å². The normalized spacial score (nSPS) is 39.5. The molecule has 0 amide bonds. The molecular weight excluding hydrogens is 680 g/mol. The van der Waals surface area contributed by atoms with Gasteiger partial charge in [-0.15, -0.1) is 0 Å². The first kappa shape index (κ1) is 43.6. The summed E-state index contributed by atoms with van der Waals surface area (Å²) in [6.07, 6.45) is -21.7. The standard InChI is InChI=1S/C30H56O20/c1-2-3-7-45-27-24(39)26(17(46-28(27)40)14-42-9-5-32)50-30-23(38)21(36)25(18(48-30)15-43-10-6-33)49-29-22(37)20(35)19(34)16(47-29)13-44-12-11-41-8-4-31/h16-40H,2-15H2,1H3. The highest BCUT2D eigenvalue weighted by Crippen LogP contribution is 2.33. The molecule has 0 bridgehead atoms. The topological polar surface area (TPSA) is 295 Å². The Morgan fingerprint density at radius 2 is 0.940 bits per heavy atom. The van der Waals surface area contributed by atoms with Gasteiger partial charge in [-0.2, -0.15) is 0 Å². The fourth-order valence-corrected chi connectivity index (χ4v) is 5.57. The molecule has 0 aromatic heterocycles. The first-order valence-electron chi connectivity index (χ1n) is 16.9. The van der Waals surface area contributed by atoms with Crippen molar-refractivity contribution in [2.24, 2.45) is 0 Å². The summed E-state index contributed by atoms with van der Waals surface area (Å²) in [7, 11) is 0. The molecule has 3 fully saturated rings. The largest absolute Gasteiger partial charge is 0.394 e. The van der Waals surface area contributed by atoms with Crippen LogP contribution in [0.4, 0.5) is 0 Å². The monoisotopic (exact) mass is 736 g/mol. The number of hydrogen-bond acceptors (Lipinski definition) is 20. The third-order valence-electron chi connectivity index (χ3n) is 8.26. The molecule has 0 radical (unpaired) electrons. The average molecular weight is 737 g/mol. The highest BCUT2D eigenvalue weighted by molar-refractivity contribution is 4.97. The van der Waals surface area contributed by atoms with Crippen LogP contribution in [0.5, 0.6) is 0 Å². The van der Waals surface area contributed by atoms with Gasteiger partial charge < -0.3 is 98.4 Å². The van der Waals surface area contributed by atoms with Crippen molar-refractivity contribution in [2.75, 3.05) is 79.3 Å². The minimum absolute atomic E-state index is 0.0590. The van der Waals surface area contributed by atoms with Crippen molar-refractivity contribution in [1.82, 2.24) is 0 Å². The van der Waals surface area contributed by atoms with Crippen molar-refractivity contribution in [3.8, 4) is 0 Å². The van der Waals surface area contributed by atoms with Gasteiger partial charge in [0.1, 0.15) is 73.2 Å². The molecule has 0 aliphatic carbocycles. The van der Waals surface area contributed by atoms with Crippen LogP contribution in [0.3, 0.4) is 0 Å². The summed E-state index contributed by atoms with van der Waals surface area (Å²) in [5.41, 5.74) is 0. The molecule has 20 heteroatoms. The number of hydrogen-bond donors (Lipinski definition) is 10. The Morgan fingerprint density at radius 3 is 1.54 bits per heavy atom. The lowest BCUT2D eigenvalue weighted by molar-refractivity contribution is -0.380. The Morgan fingerprint density at radius 1 is 0.460 bits per heavy atom. The minimum Gasteiger partial charge on any atom is -0.394 e. The Labute approximate surface area is 289 Å². The maximum Gasteiger partial charge on any atom is 0.187 e. The second kappa shape index (κ2) is 23.1. The lowest BCUT2D eigenvalue weighted by atomic mass is 9.96. The van der Waals surface area contributed by atoms with Crippen LogP contribution in [-0.2, 0) is 47.4 Å². The third kappa shape index (κ3) is 12.4. The average Bonchev–Trinajstić information content (AvgIpc) is 3.10. The molecule has 3 heterocycles. The SMILES string of the molecule is CCCCOC1C(O)OC(COCCO)C(OC2OC(COCCO)C(OC3OC(COCCOCCO)C(O)C(O)C3O)C(O)C2O)C1O. The molecule has 0 aromatic rings. The van der Waals surface area contributed by atoms with Crippen LogP contribution in [0.15, 0.2) is 0 Å². The van der Waals surface area contributed by atoms with E-state index in [-0.39, 0.29) is 79.3 Å². The van der Waals surface area contributed by atoms with Crippen LogP contribution in [0, 0.1) is 0 Å². The van der Waals surface area contributed by atoms with Crippen LogP contribution in [-0.4, -0.2) is 222 Å². The van der Waals surface area contributed by atoms with Crippen molar-refractivity contribution in [3.05, 3.63) is 0 Å². The lowest BCUT2D eigenvalue weighted by Gasteiger charge is -2.48. The highest BCUT2D eigenvalue weighted by Gasteiger charge is 2.54. The third-order valence-corrected chi connectivity index (χ3v) is 8.26. The molecule has 296 valence electrons. The Bertz CT molecular complexity index is 892. The summed E-state index contributed by atoms with van der Waals surface area (Å²) in [6, 6.07) is 0. The second-order valence-corrected chi connectivity index (χ2v) is 12.0. The summed E-state index contributed by atoms with van der Waals surface area (Å²) in [4.78, 5) is 0. The second-order valence-electron chi connectivity index (χ2n) is 12.0. The van der Waals surface area contributed by atoms with Gasteiger partial charge in [0.05, 0.1) is 72.7 Å². The van der Waals surface area contributed by atoms with Gasteiger partial charge in [-0.3, -0.25) is 0 Å². The van der Waals surface area contributed by atoms with E-state index in [1.165, 1.54) is 0 Å². The van der Waals surface area contributed by atoms with Gasteiger partial charge in [0.25, 0.3) is 0 Å². The van der Waals surface area contributed by atoms with E-state index < -0.39 is 92.1 Å². The zero-order chi connectivity index (χ0) is 36.6. The highest BCUT2D eigenvalue weighted by atomic mass is 16.8. The van der Waals surface area contributed by atoms with E-state index in [4.69, 9.17) is 57.6 Å². The molecule has 20 nitrogen and oxygen atoms in total. The molecule has 0 saturated carbocycles. The van der Waals surface area contributed by atoms with Gasteiger partial charge >= 0.3 is 0 Å². The van der Waals surface area contributed by atoms with Gasteiger partial charge in [-0.1, -0.05) is 13.3 Å².